The van der Waals surface area contributed by atoms with Gasteiger partial charge in [0.1, 0.15) is 0 Å². The van der Waals surface area contributed by atoms with Crippen LogP contribution in [-0.4, -0.2) is 36.1 Å². The molecule has 0 unspecified atom stereocenters. The Hall–Kier alpha value is -0.160. The molecule has 0 spiro atoms. The molecule has 1 aromatic rings. The summed E-state index contributed by atoms with van der Waals surface area (Å²) in [5.41, 5.74) is 1.91. The van der Waals surface area contributed by atoms with Crippen LogP contribution in [0.2, 0.25) is 0 Å². The van der Waals surface area contributed by atoms with Gasteiger partial charge in [-0.05, 0) is 19.5 Å². The van der Waals surface area contributed by atoms with E-state index in [0.29, 0.717) is 0 Å². The quantitative estimate of drug-likeness (QED) is 0.836. The van der Waals surface area contributed by atoms with Crippen LogP contribution in [0.1, 0.15) is 11.3 Å². The van der Waals surface area contributed by atoms with Gasteiger partial charge < -0.3 is 5.32 Å². The predicted molar refractivity (Wildman–Crippen MR) is 62.1 cm³/mol. The summed E-state index contributed by atoms with van der Waals surface area (Å²) >= 11 is 1.75. The Bertz CT molecular complexity index is 232. The normalized spacial score (nSPS) is 18.6. The van der Waals surface area contributed by atoms with Gasteiger partial charge in [0, 0.05) is 30.7 Å². The van der Waals surface area contributed by atoms with Crippen molar-refractivity contribution < 1.29 is 0 Å². The molecule has 1 saturated heterocycles. The fourth-order valence-electron chi connectivity index (χ4n) is 1.60. The van der Waals surface area contributed by atoms with Crippen molar-refractivity contribution in [1.29, 1.82) is 0 Å². The molecule has 0 radical (unpaired) electrons. The Labute approximate surface area is 94.9 Å². The maximum Gasteiger partial charge on any atom is 0.0794 e. The molecular formula is C9H16ClN3S. The Balaban J connectivity index is 0.000000980. The van der Waals surface area contributed by atoms with Crippen LogP contribution >= 0.6 is 23.7 Å². The molecule has 1 aliphatic heterocycles. The van der Waals surface area contributed by atoms with E-state index in [1.807, 2.05) is 11.7 Å². The average Bonchev–Trinajstić information content (AvgIpc) is 2.49. The molecule has 80 valence electrons. The SMILES string of the molecule is Cl.c1ncc(CN2CCCNCC2)s1. The van der Waals surface area contributed by atoms with Crippen LogP contribution in [0.3, 0.4) is 0 Å². The third kappa shape index (κ3) is 3.53. The van der Waals surface area contributed by atoms with Crippen molar-refractivity contribution in [1.82, 2.24) is 15.2 Å². The molecule has 0 aliphatic carbocycles. The van der Waals surface area contributed by atoms with Gasteiger partial charge in [-0.3, -0.25) is 9.88 Å². The Morgan fingerprint density at radius 1 is 1.43 bits per heavy atom. The molecule has 1 fully saturated rings. The lowest BCUT2D eigenvalue weighted by Gasteiger charge is -2.17. The summed E-state index contributed by atoms with van der Waals surface area (Å²) in [6.07, 6.45) is 3.24. The second kappa shape index (κ2) is 6.35. The standard InChI is InChI=1S/C9H15N3S.ClH/c1-2-10-3-5-12(4-1)7-9-6-11-8-13-9;/h6,8,10H,1-5,7H2;1H. The zero-order valence-electron chi connectivity index (χ0n) is 8.11. The molecule has 1 aliphatic rings. The first-order chi connectivity index (χ1) is 6.45. The van der Waals surface area contributed by atoms with Crippen molar-refractivity contribution in [2.45, 2.75) is 13.0 Å². The number of hydrogen-bond acceptors (Lipinski definition) is 4. The molecule has 0 atom stereocenters. The maximum atomic E-state index is 4.09. The van der Waals surface area contributed by atoms with Crippen molar-refractivity contribution in [2.75, 3.05) is 26.2 Å². The molecule has 0 amide bonds. The zero-order chi connectivity index (χ0) is 8.93. The van der Waals surface area contributed by atoms with Crippen LogP contribution in [0, 0.1) is 0 Å². The highest BCUT2D eigenvalue weighted by atomic mass is 35.5. The summed E-state index contributed by atoms with van der Waals surface area (Å²) in [5, 5.41) is 3.40. The van der Waals surface area contributed by atoms with E-state index in [1.54, 1.807) is 11.3 Å². The average molecular weight is 234 g/mol. The largest absolute Gasteiger partial charge is 0.315 e. The summed E-state index contributed by atoms with van der Waals surface area (Å²) in [4.78, 5) is 7.96. The van der Waals surface area contributed by atoms with Gasteiger partial charge in [-0.1, -0.05) is 0 Å². The van der Waals surface area contributed by atoms with E-state index in [4.69, 9.17) is 0 Å². The fourth-order valence-corrected chi connectivity index (χ4v) is 2.24. The van der Waals surface area contributed by atoms with Gasteiger partial charge in [0.05, 0.1) is 5.51 Å². The summed E-state index contributed by atoms with van der Waals surface area (Å²) in [5.74, 6) is 0. The second-order valence-corrected chi connectivity index (χ2v) is 4.32. The number of thiazole rings is 1. The molecule has 1 N–H and O–H groups in total. The van der Waals surface area contributed by atoms with Crippen molar-refractivity contribution >= 4 is 23.7 Å². The van der Waals surface area contributed by atoms with Crippen LogP contribution < -0.4 is 5.32 Å². The van der Waals surface area contributed by atoms with Gasteiger partial charge >= 0.3 is 0 Å². The third-order valence-electron chi connectivity index (χ3n) is 2.30. The summed E-state index contributed by atoms with van der Waals surface area (Å²) in [7, 11) is 0. The molecule has 2 rings (SSSR count). The fraction of sp³-hybridized carbons (Fsp3) is 0.667. The molecule has 3 nitrogen and oxygen atoms in total. The van der Waals surface area contributed by atoms with Crippen LogP contribution in [-0.2, 0) is 6.54 Å². The van der Waals surface area contributed by atoms with Gasteiger partial charge in [-0.25, -0.2) is 0 Å². The van der Waals surface area contributed by atoms with Gasteiger partial charge in [0.2, 0.25) is 0 Å². The Morgan fingerprint density at radius 3 is 3.14 bits per heavy atom. The lowest BCUT2D eigenvalue weighted by atomic mass is 10.4. The van der Waals surface area contributed by atoms with Gasteiger partial charge in [0.25, 0.3) is 0 Å². The van der Waals surface area contributed by atoms with Crippen molar-refractivity contribution in [3.63, 3.8) is 0 Å². The molecule has 0 saturated carbocycles. The van der Waals surface area contributed by atoms with Crippen LogP contribution in [0.4, 0.5) is 0 Å². The minimum Gasteiger partial charge on any atom is -0.315 e. The van der Waals surface area contributed by atoms with E-state index in [-0.39, 0.29) is 12.4 Å². The first-order valence-corrected chi connectivity index (χ1v) is 5.63. The molecule has 2 heterocycles. The number of hydrogen-bond donors (Lipinski definition) is 1. The van der Waals surface area contributed by atoms with Crippen molar-refractivity contribution in [2.24, 2.45) is 0 Å². The summed E-state index contributed by atoms with van der Waals surface area (Å²) in [6.45, 7) is 5.74. The van der Waals surface area contributed by atoms with E-state index in [1.165, 1.54) is 24.4 Å². The Kier molecular flexibility index (Phi) is 5.40. The highest BCUT2D eigenvalue weighted by Crippen LogP contribution is 2.09. The van der Waals surface area contributed by atoms with E-state index < -0.39 is 0 Å². The van der Waals surface area contributed by atoms with Crippen LogP contribution in [0.25, 0.3) is 0 Å². The molecule has 1 aromatic heterocycles. The third-order valence-corrected chi connectivity index (χ3v) is 3.06. The lowest BCUT2D eigenvalue weighted by molar-refractivity contribution is 0.287. The van der Waals surface area contributed by atoms with Crippen molar-refractivity contribution in [3.8, 4) is 0 Å². The number of nitrogens with zero attached hydrogens (tertiary/aromatic N) is 2. The van der Waals surface area contributed by atoms with E-state index in [9.17, 15) is 0 Å². The van der Waals surface area contributed by atoms with Crippen LogP contribution in [0.15, 0.2) is 11.7 Å². The topological polar surface area (TPSA) is 28.2 Å². The predicted octanol–water partition coefficient (Wildman–Crippen LogP) is 1.36. The molecular weight excluding hydrogens is 218 g/mol. The second-order valence-electron chi connectivity index (χ2n) is 3.35. The van der Waals surface area contributed by atoms with Gasteiger partial charge in [-0.2, -0.15) is 0 Å². The summed E-state index contributed by atoms with van der Waals surface area (Å²) < 4.78 is 0. The first-order valence-electron chi connectivity index (χ1n) is 4.75. The lowest BCUT2D eigenvalue weighted by Crippen LogP contribution is -2.27. The minimum atomic E-state index is 0. The van der Waals surface area contributed by atoms with Gasteiger partial charge in [0.15, 0.2) is 0 Å². The summed E-state index contributed by atoms with van der Waals surface area (Å²) in [6, 6.07) is 0. The molecule has 14 heavy (non-hydrogen) atoms. The molecule has 0 bridgehead atoms. The highest BCUT2D eigenvalue weighted by molar-refractivity contribution is 7.09. The number of nitrogens with one attached hydrogen (secondary N) is 1. The number of rotatable bonds is 2. The first kappa shape index (κ1) is 11.9. The smallest absolute Gasteiger partial charge is 0.0794 e. The van der Waals surface area contributed by atoms with Gasteiger partial charge in [-0.15, -0.1) is 23.7 Å². The zero-order valence-corrected chi connectivity index (χ0v) is 9.74. The number of halogens is 1. The van der Waals surface area contributed by atoms with Crippen LogP contribution in [0.5, 0.6) is 0 Å². The monoisotopic (exact) mass is 233 g/mol. The maximum absolute atomic E-state index is 4.09. The van der Waals surface area contributed by atoms with E-state index in [0.717, 1.165) is 19.6 Å². The molecule has 5 heteroatoms. The molecule has 0 aromatic carbocycles. The van der Waals surface area contributed by atoms with Crippen molar-refractivity contribution in [3.05, 3.63) is 16.6 Å². The number of aromatic nitrogens is 1. The highest BCUT2D eigenvalue weighted by Gasteiger charge is 2.09. The van der Waals surface area contributed by atoms with E-state index in [2.05, 4.69) is 15.2 Å². The van der Waals surface area contributed by atoms with E-state index >= 15 is 0 Å². The Morgan fingerprint density at radius 2 is 2.36 bits per heavy atom. The minimum absolute atomic E-state index is 0.